The molecular formula is C9H8N2O2S. The van der Waals surface area contributed by atoms with Crippen molar-refractivity contribution in [3.05, 3.63) is 16.8 Å². The molecule has 14 heavy (non-hydrogen) atoms. The number of carbonyl (C=O) groups is 1. The van der Waals surface area contributed by atoms with E-state index in [1.165, 1.54) is 12.8 Å². The smallest absolute Gasteiger partial charge is 0.352 e. The number of H-pyrrole nitrogens is 1. The Labute approximate surface area is 83.6 Å². The minimum Gasteiger partial charge on any atom is -0.477 e. The first kappa shape index (κ1) is 7.99. The minimum atomic E-state index is -0.928. The summed E-state index contributed by atoms with van der Waals surface area (Å²) in [5.41, 5.74) is 0.940. The summed E-state index contributed by atoms with van der Waals surface area (Å²) in [5.74, 6) is -0.294. The number of aromatic carboxylic acids is 1. The zero-order valence-corrected chi connectivity index (χ0v) is 8.10. The molecule has 0 aromatic carbocycles. The van der Waals surface area contributed by atoms with Crippen LogP contribution in [-0.2, 0) is 0 Å². The van der Waals surface area contributed by atoms with Crippen LogP contribution in [0.15, 0.2) is 6.07 Å². The van der Waals surface area contributed by atoms with Crippen LogP contribution < -0.4 is 0 Å². The first-order valence-corrected chi connectivity index (χ1v) is 5.28. The topological polar surface area (TPSA) is 66.0 Å². The van der Waals surface area contributed by atoms with Gasteiger partial charge in [-0.15, -0.1) is 11.3 Å². The standard InChI is InChI=1S/C9H8N2O2S/c12-9(13)5-3-6-7(10-5)11-8(14-6)4-1-2-4/h3-4,10H,1-2H2,(H,12,13). The van der Waals surface area contributed by atoms with Crippen LogP contribution in [-0.4, -0.2) is 21.0 Å². The molecule has 2 aromatic heterocycles. The van der Waals surface area contributed by atoms with E-state index >= 15 is 0 Å². The summed E-state index contributed by atoms with van der Waals surface area (Å²) in [4.78, 5) is 17.8. The summed E-state index contributed by atoms with van der Waals surface area (Å²) < 4.78 is 0.948. The second kappa shape index (κ2) is 2.57. The maximum atomic E-state index is 10.6. The first-order chi connectivity index (χ1) is 6.74. The van der Waals surface area contributed by atoms with Crippen molar-refractivity contribution < 1.29 is 9.90 Å². The predicted molar refractivity (Wildman–Crippen MR) is 52.9 cm³/mol. The maximum absolute atomic E-state index is 10.6. The molecule has 72 valence electrons. The quantitative estimate of drug-likeness (QED) is 0.795. The lowest BCUT2D eigenvalue weighted by atomic mass is 10.4. The second-order valence-electron chi connectivity index (χ2n) is 3.53. The van der Waals surface area contributed by atoms with Crippen LogP contribution in [0.25, 0.3) is 10.3 Å². The lowest BCUT2D eigenvalue weighted by molar-refractivity contribution is 0.0691. The van der Waals surface area contributed by atoms with Gasteiger partial charge in [0.05, 0.1) is 9.71 Å². The van der Waals surface area contributed by atoms with E-state index in [2.05, 4.69) is 9.97 Å². The number of fused-ring (bicyclic) bond motifs is 1. The SMILES string of the molecule is O=C(O)c1cc2sc(C3CC3)nc2[nH]1. The first-order valence-electron chi connectivity index (χ1n) is 4.47. The highest BCUT2D eigenvalue weighted by Gasteiger charge is 2.27. The van der Waals surface area contributed by atoms with Crippen LogP contribution in [0, 0.1) is 0 Å². The highest BCUT2D eigenvalue weighted by Crippen LogP contribution is 2.43. The van der Waals surface area contributed by atoms with E-state index in [0.29, 0.717) is 11.6 Å². The van der Waals surface area contributed by atoms with Crippen LogP contribution in [0.3, 0.4) is 0 Å². The van der Waals surface area contributed by atoms with Crippen LogP contribution in [0.1, 0.15) is 34.3 Å². The Bertz CT molecular complexity index is 478. The number of rotatable bonds is 2. The Morgan fingerprint density at radius 3 is 3.00 bits per heavy atom. The molecular weight excluding hydrogens is 200 g/mol. The number of nitrogens with zero attached hydrogens (tertiary/aromatic N) is 1. The maximum Gasteiger partial charge on any atom is 0.352 e. The van der Waals surface area contributed by atoms with Crippen molar-refractivity contribution in [2.75, 3.05) is 0 Å². The van der Waals surface area contributed by atoms with Crippen LogP contribution in [0.4, 0.5) is 0 Å². The van der Waals surface area contributed by atoms with Gasteiger partial charge in [-0.05, 0) is 18.9 Å². The number of thiazole rings is 1. The fourth-order valence-corrected chi connectivity index (χ4v) is 2.59. The number of aromatic amines is 1. The molecule has 0 unspecified atom stereocenters. The van der Waals surface area contributed by atoms with Crippen molar-refractivity contribution in [3.8, 4) is 0 Å². The van der Waals surface area contributed by atoms with E-state index in [-0.39, 0.29) is 5.69 Å². The van der Waals surface area contributed by atoms with E-state index < -0.39 is 5.97 Å². The molecule has 1 aliphatic rings. The van der Waals surface area contributed by atoms with Gasteiger partial charge < -0.3 is 10.1 Å². The Kier molecular flexibility index (Phi) is 1.47. The number of carboxylic acids is 1. The molecule has 0 amide bonds. The summed E-state index contributed by atoms with van der Waals surface area (Å²) in [6.45, 7) is 0. The predicted octanol–water partition coefficient (Wildman–Crippen LogP) is 2.20. The molecule has 0 aliphatic heterocycles. The van der Waals surface area contributed by atoms with Gasteiger partial charge in [0.2, 0.25) is 0 Å². The third-order valence-electron chi connectivity index (χ3n) is 2.36. The van der Waals surface area contributed by atoms with Gasteiger partial charge in [0, 0.05) is 5.92 Å². The van der Waals surface area contributed by atoms with Gasteiger partial charge >= 0.3 is 5.97 Å². The van der Waals surface area contributed by atoms with E-state index in [4.69, 9.17) is 5.11 Å². The van der Waals surface area contributed by atoms with Crippen molar-refractivity contribution in [1.82, 2.24) is 9.97 Å². The summed E-state index contributed by atoms with van der Waals surface area (Å²) in [6, 6.07) is 1.65. The average Bonchev–Trinajstić information content (AvgIpc) is 2.76. The largest absolute Gasteiger partial charge is 0.477 e. The highest BCUT2D eigenvalue weighted by molar-refractivity contribution is 7.18. The lowest BCUT2D eigenvalue weighted by Crippen LogP contribution is -1.95. The molecule has 2 aromatic rings. The molecule has 1 aliphatic carbocycles. The van der Waals surface area contributed by atoms with Gasteiger partial charge in [0.25, 0.3) is 0 Å². The van der Waals surface area contributed by atoms with Crippen molar-refractivity contribution in [2.45, 2.75) is 18.8 Å². The van der Waals surface area contributed by atoms with E-state index in [0.717, 1.165) is 9.71 Å². The van der Waals surface area contributed by atoms with Gasteiger partial charge in [-0.2, -0.15) is 0 Å². The fourth-order valence-electron chi connectivity index (χ4n) is 1.45. The molecule has 2 N–H and O–H groups in total. The molecule has 5 heteroatoms. The zero-order valence-electron chi connectivity index (χ0n) is 7.28. The van der Waals surface area contributed by atoms with Gasteiger partial charge in [-0.1, -0.05) is 0 Å². The molecule has 0 bridgehead atoms. The Hall–Kier alpha value is -1.36. The molecule has 2 heterocycles. The number of hydrogen-bond donors (Lipinski definition) is 2. The zero-order chi connectivity index (χ0) is 9.71. The van der Waals surface area contributed by atoms with Crippen LogP contribution in [0.2, 0.25) is 0 Å². The lowest BCUT2D eigenvalue weighted by Gasteiger charge is -1.86. The van der Waals surface area contributed by atoms with Crippen molar-refractivity contribution in [1.29, 1.82) is 0 Å². The summed E-state index contributed by atoms with van der Waals surface area (Å²) in [6.07, 6.45) is 2.45. The van der Waals surface area contributed by atoms with E-state index in [1.807, 2.05) is 0 Å². The molecule has 0 radical (unpaired) electrons. The number of aromatic nitrogens is 2. The molecule has 1 saturated carbocycles. The summed E-state index contributed by atoms with van der Waals surface area (Å²) >= 11 is 1.60. The van der Waals surface area contributed by atoms with Gasteiger partial charge in [-0.25, -0.2) is 9.78 Å². The van der Waals surface area contributed by atoms with E-state index in [1.54, 1.807) is 17.4 Å². The summed E-state index contributed by atoms with van der Waals surface area (Å²) in [5, 5.41) is 9.88. The normalized spacial score (nSPS) is 16.3. The van der Waals surface area contributed by atoms with Crippen molar-refractivity contribution in [2.24, 2.45) is 0 Å². The van der Waals surface area contributed by atoms with Gasteiger partial charge in [0.15, 0.2) is 0 Å². The number of nitrogens with one attached hydrogen (secondary N) is 1. The minimum absolute atomic E-state index is 0.223. The van der Waals surface area contributed by atoms with Crippen LogP contribution in [0.5, 0.6) is 0 Å². The Morgan fingerprint density at radius 1 is 1.64 bits per heavy atom. The molecule has 0 spiro atoms. The van der Waals surface area contributed by atoms with E-state index in [9.17, 15) is 4.79 Å². The average molecular weight is 208 g/mol. The monoisotopic (exact) mass is 208 g/mol. The van der Waals surface area contributed by atoms with Crippen molar-refractivity contribution >= 4 is 27.7 Å². The third-order valence-corrected chi connectivity index (χ3v) is 3.52. The highest BCUT2D eigenvalue weighted by atomic mass is 32.1. The van der Waals surface area contributed by atoms with Gasteiger partial charge in [0.1, 0.15) is 11.3 Å². The third kappa shape index (κ3) is 1.13. The molecule has 4 nitrogen and oxygen atoms in total. The fraction of sp³-hybridized carbons (Fsp3) is 0.333. The van der Waals surface area contributed by atoms with Gasteiger partial charge in [-0.3, -0.25) is 0 Å². The van der Waals surface area contributed by atoms with Crippen molar-refractivity contribution in [3.63, 3.8) is 0 Å². The van der Waals surface area contributed by atoms with Crippen LogP contribution >= 0.6 is 11.3 Å². The molecule has 1 fully saturated rings. The number of carboxylic acid groups (broad SMARTS) is 1. The Balaban J connectivity index is 2.09. The summed E-state index contributed by atoms with van der Waals surface area (Å²) in [7, 11) is 0. The Morgan fingerprint density at radius 2 is 2.43 bits per heavy atom. The molecule has 3 rings (SSSR count). The second-order valence-corrected chi connectivity index (χ2v) is 4.59. The molecule has 0 atom stereocenters. The molecule has 0 saturated heterocycles. The number of hydrogen-bond acceptors (Lipinski definition) is 3.